The molecule has 1 saturated heterocycles. The van der Waals surface area contributed by atoms with Gasteiger partial charge in [0.2, 0.25) is 0 Å². The van der Waals surface area contributed by atoms with E-state index in [0.717, 1.165) is 0 Å². The van der Waals surface area contributed by atoms with Crippen molar-refractivity contribution in [2.75, 3.05) is 25.1 Å². The van der Waals surface area contributed by atoms with Crippen molar-refractivity contribution in [1.82, 2.24) is 0 Å². The van der Waals surface area contributed by atoms with Gasteiger partial charge in [0.25, 0.3) is 5.69 Å². The molecule has 1 N–H and O–H groups in total. The van der Waals surface area contributed by atoms with E-state index < -0.39 is 10.7 Å². The Hall–Kier alpha value is -1.18. The maximum absolute atomic E-state index is 11.0. The number of halogens is 1. The van der Waals surface area contributed by atoms with Gasteiger partial charge in [-0.15, -0.1) is 0 Å². The quantitative estimate of drug-likeness (QED) is 0.663. The number of hydrogen-bond donors (Lipinski definition) is 1. The van der Waals surface area contributed by atoms with Crippen molar-refractivity contribution in [2.24, 2.45) is 0 Å². The lowest BCUT2D eigenvalue weighted by Crippen LogP contribution is -2.28. The number of anilines is 1. The number of rotatable bonds is 5. The first-order chi connectivity index (χ1) is 9.00. The summed E-state index contributed by atoms with van der Waals surface area (Å²) >= 11 is 3.22. The van der Waals surface area contributed by atoms with Crippen molar-refractivity contribution in [3.05, 3.63) is 32.8 Å². The first-order valence-electron chi connectivity index (χ1n) is 5.96. The van der Waals surface area contributed by atoms with Gasteiger partial charge in [0.15, 0.2) is 5.79 Å². The molecule has 1 fully saturated rings. The van der Waals surface area contributed by atoms with Crippen LogP contribution in [0.4, 0.5) is 11.4 Å². The molecule has 2 rings (SSSR count). The highest BCUT2D eigenvalue weighted by Gasteiger charge is 2.30. The second kappa shape index (κ2) is 5.85. The van der Waals surface area contributed by atoms with Gasteiger partial charge in [-0.1, -0.05) is 15.9 Å². The molecule has 1 aromatic rings. The molecule has 7 heteroatoms. The molecule has 1 aromatic carbocycles. The van der Waals surface area contributed by atoms with Crippen LogP contribution in [0, 0.1) is 10.1 Å². The first kappa shape index (κ1) is 14.2. The van der Waals surface area contributed by atoms with E-state index in [9.17, 15) is 10.1 Å². The van der Waals surface area contributed by atoms with Crippen LogP contribution in [-0.2, 0) is 9.47 Å². The predicted molar refractivity (Wildman–Crippen MR) is 74.2 cm³/mol. The van der Waals surface area contributed by atoms with Crippen LogP contribution in [0.2, 0.25) is 0 Å². The number of benzene rings is 1. The fourth-order valence-electron chi connectivity index (χ4n) is 1.93. The summed E-state index contributed by atoms with van der Waals surface area (Å²) in [4.78, 5) is 10.5. The Morgan fingerprint density at radius 1 is 1.47 bits per heavy atom. The summed E-state index contributed by atoms with van der Waals surface area (Å²) < 4.78 is 11.6. The molecule has 104 valence electrons. The summed E-state index contributed by atoms with van der Waals surface area (Å²) in [5.74, 6) is -0.586. The zero-order chi connectivity index (χ0) is 13.9. The summed E-state index contributed by atoms with van der Waals surface area (Å²) in [6, 6.07) is 4.92. The maximum Gasteiger partial charge on any atom is 0.293 e. The summed E-state index contributed by atoms with van der Waals surface area (Å²) in [6.45, 7) is 3.60. The van der Waals surface area contributed by atoms with Gasteiger partial charge >= 0.3 is 0 Å². The minimum Gasteiger partial charge on any atom is -0.379 e. The van der Waals surface area contributed by atoms with Crippen molar-refractivity contribution in [2.45, 2.75) is 19.1 Å². The van der Waals surface area contributed by atoms with Gasteiger partial charge in [0.1, 0.15) is 5.69 Å². The first-order valence-corrected chi connectivity index (χ1v) is 6.75. The SMILES string of the molecule is CC1(CCNc2ccc(Br)cc2[N+](=O)[O-])OCCO1. The van der Waals surface area contributed by atoms with Crippen molar-refractivity contribution < 1.29 is 14.4 Å². The Labute approximate surface area is 119 Å². The van der Waals surface area contributed by atoms with Crippen LogP contribution in [0.1, 0.15) is 13.3 Å². The van der Waals surface area contributed by atoms with Gasteiger partial charge in [-0.25, -0.2) is 0 Å². The maximum atomic E-state index is 11.0. The van der Waals surface area contributed by atoms with E-state index in [1.54, 1.807) is 12.1 Å². The van der Waals surface area contributed by atoms with Crippen molar-refractivity contribution in [3.8, 4) is 0 Å². The monoisotopic (exact) mass is 330 g/mol. The van der Waals surface area contributed by atoms with E-state index in [4.69, 9.17) is 9.47 Å². The molecular weight excluding hydrogens is 316 g/mol. The predicted octanol–water partition coefficient (Wildman–Crippen LogP) is 2.92. The lowest BCUT2D eigenvalue weighted by Gasteiger charge is -2.22. The fraction of sp³-hybridized carbons (Fsp3) is 0.500. The van der Waals surface area contributed by atoms with Crippen LogP contribution >= 0.6 is 15.9 Å². The lowest BCUT2D eigenvalue weighted by molar-refractivity contribution is -0.384. The number of nitro groups is 1. The molecule has 0 aromatic heterocycles. The van der Waals surface area contributed by atoms with Crippen LogP contribution in [-0.4, -0.2) is 30.5 Å². The minimum atomic E-state index is -0.586. The van der Waals surface area contributed by atoms with E-state index in [-0.39, 0.29) is 5.69 Å². The molecule has 0 aliphatic carbocycles. The van der Waals surface area contributed by atoms with Crippen LogP contribution < -0.4 is 5.32 Å². The Balaban J connectivity index is 1.97. The Morgan fingerprint density at radius 3 is 2.79 bits per heavy atom. The zero-order valence-corrected chi connectivity index (χ0v) is 12.1. The second-order valence-corrected chi connectivity index (χ2v) is 5.34. The standard InChI is InChI=1S/C12H15BrN2O4/c1-12(18-6-7-19-12)4-5-14-10-3-2-9(13)8-11(10)15(16)17/h2-3,8,14H,4-7H2,1H3. The van der Waals surface area contributed by atoms with Crippen LogP contribution in [0.5, 0.6) is 0 Å². The summed E-state index contributed by atoms with van der Waals surface area (Å²) in [6.07, 6.45) is 0.625. The highest BCUT2D eigenvalue weighted by molar-refractivity contribution is 9.10. The summed E-state index contributed by atoms with van der Waals surface area (Å²) in [5.41, 5.74) is 0.544. The molecule has 0 radical (unpaired) electrons. The van der Waals surface area contributed by atoms with Crippen LogP contribution in [0.15, 0.2) is 22.7 Å². The largest absolute Gasteiger partial charge is 0.379 e. The Morgan fingerprint density at radius 2 is 2.16 bits per heavy atom. The fourth-order valence-corrected chi connectivity index (χ4v) is 2.28. The van der Waals surface area contributed by atoms with Crippen molar-refractivity contribution >= 4 is 27.3 Å². The van der Waals surface area contributed by atoms with Crippen LogP contribution in [0.25, 0.3) is 0 Å². The average Bonchev–Trinajstić information content (AvgIpc) is 2.78. The molecule has 0 spiro atoms. The molecule has 1 heterocycles. The van der Waals surface area contributed by atoms with Gasteiger partial charge in [0.05, 0.1) is 18.1 Å². The van der Waals surface area contributed by atoms with E-state index in [1.165, 1.54) is 6.07 Å². The third kappa shape index (κ3) is 3.65. The Bertz CT molecular complexity index is 475. The molecule has 1 aliphatic rings. The highest BCUT2D eigenvalue weighted by Crippen LogP contribution is 2.29. The van der Waals surface area contributed by atoms with Crippen LogP contribution in [0.3, 0.4) is 0 Å². The molecule has 0 amide bonds. The minimum absolute atomic E-state index is 0.0489. The molecule has 1 aliphatic heterocycles. The average molecular weight is 331 g/mol. The van der Waals surface area contributed by atoms with Crippen molar-refractivity contribution in [3.63, 3.8) is 0 Å². The van der Waals surface area contributed by atoms with E-state index in [1.807, 2.05) is 6.92 Å². The molecule has 0 atom stereocenters. The topological polar surface area (TPSA) is 73.6 Å². The summed E-state index contributed by atoms with van der Waals surface area (Å²) in [5, 5.41) is 14.0. The van der Waals surface area contributed by atoms with Gasteiger partial charge in [-0.2, -0.15) is 0 Å². The number of hydrogen-bond acceptors (Lipinski definition) is 5. The second-order valence-electron chi connectivity index (χ2n) is 4.43. The molecule has 0 unspecified atom stereocenters. The van der Waals surface area contributed by atoms with Gasteiger partial charge in [0, 0.05) is 23.5 Å². The third-order valence-corrected chi connectivity index (χ3v) is 3.44. The molecule has 6 nitrogen and oxygen atoms in total. The number of nitrogens with zero attached hydrogens (tertiary/aromatic N) is 1. The molecule has 0 saturated carbocycles. The normalized spacial score (nSPS) is 17.4. The van der Waals surface area contributed by atoms with E-state index in [2.05, 4.69) is 21.2 Å². The van der Waals surface area contributed by atoms with Gasteiger partial charge in [-0.05, 0) is 19.1 Å². The number of nitrogens with one attached hydrogen (secondary N) is 1. The van der Waals surface area contributed by atoms with Gasteiger partial charge < -0.3 is 14.8 Å². The smallest absolute Gasteiger partial charge is 0.293 e. The van der Waals surface area contributed by atoms with Gasteiger partial charge in [-0.3, -0.25) is 10.1 Å². The molecule has 19 heavy (non-hydrogen) atoms. The molecule has 0 bridgehead atoms. The van der Waals surface area contributed by atoms with E-state index in [0.29, 0.717) is 36.3 Å². The Kier molecular flexibility index (Phi) is 4.38. The van der Waals surface area contributed by atoms with E-state index >= 15 is 0 Å². The lowest BCUT2D eigenvalue weighted by atomic mass is 10.2. The third-order valence-electron chi connectivity index (χ3n) is 2.95. The zero-order valence-electron chi connectivity index (χ0n) is 10.5. The number of ether oxygens (including phenoxy) is 2. The number of nitro benzene ring substituents is 1. The molecular formula is C12H15BrN2O4. The summed E-state index contributed by atoms with van der Waals surface area (Å²) in [7, 11) is 0. The highest BCUT2D eigenvalue weighted by atomic mass is 79.9. The van der Waals surface area contributed by atoms with Crippen molar-refractivity contribution in [1.29, 1.82) is 0 Å².